The summed E-state index contributed by atoms with van der Waals surface area (Å²) in [6.45, 7) is 2.05. The Morgan fingerprint density at radius 2 is 1.78 bits per heavy atom. The highest BCUT2D eigenvalue weighted by atomic mass is 16.2. The van der Waals surface area contributed by atoms with Crippen LogP contribution >= 0.6 is 0 Å². The molecule has 0 aliphatic carbocycles. The number of hydrogen-bond donors (Lipinski definition) is 1. The summed E-state index contributed by atoms with van der Waals surface area (Å²) in [5, 5.41) is 10.5. The molecule has 0 saturated carbocycles. The average Bonchev–Trinajstić information content (AvgIpc) is 2.61. The number of nitrogens with zero attached hydrogens (tertiary/aromatic N) is 2. The van der Waals surface area contributed by atoms with Gasteiger partial charge in [-0.15, -0.1) is 0 Å². The predicted octanol–water partition coefficient (Wildman–Crippen LogP) is 3.33. The van der Waals surface area contributed by atoms with Crippen LogP contribution in [0, 0.1) is 0 Å². The van der Waals surface area contributed by atoms with Crippen LogP contribution in [-0.4, -0.2) is 23.2 Å². The fraction of sp³-hybridized carbons (Fsp3) is 0.250. The molecule has 0 unspecified atom stereocenters. The molecule has 1 N–H and O–H groups in total. The number of aromatic nitrogens is 1. The van der Waals surface area contributed by atoms with Crippen molar-refractivity contribution in [1.82, 2.24) is 4.98 Å². The first-order valence-electron chi connectivity index (χ1n) is 8.16. The lowest BCUT2D eigenvalue weighted by molar-refractivity contribution is 0.300. The van der Waals surface area contributed by atoms with Crippen LogP contribution in [0.1, 0.15) is 16.7 Å². The Morgan fingerprint density at radius 1 is 1.00 bits per heavy atom. The summed E-state index contributed by atoms with van der Waals surface area (Å²) in [7, 11) is 0. The number of hydrogen-bond acceptors (Lipinski definition) is 3. The number of anilines is 1. The van der Waals surface area contributed by atoms with Crippen LogP contribution in [0.15, 0.2) is 54.6 Å². The molecule has 0 radical (unpaired) electrons. The van der Waals surface area contributed by atoms with Crippen LogP contribution < -0.4 is 4.90 Å². The Morgan fingerprint density at radius 3 is 2.65 bits per heavy atom. The van der Waals surface area contributed by atoms with Crippen molar-refractivity contribution in [2.45, 2.75) is 19.4 Å². The highest BCUT2D eigenvalue weighted by Crippen LogP contribution is 2.27. The van der Waals surface area contributed by atoms with Gasteiger partial charge in [0.1, 0.15) is 5.82 Å². The number of aliphatic hydroxyl groups excluding tert-OH is 1. The third kappa shape index (κ3) is 2.68. The first-order valence-corrected chi connectivity index (χ1v) is 8.16. The zero-order valence-electron chi connectivity index (χ0n) is 13.1. The second-order valence-corrected chi connectivity index (χ2v) is 6.07. The van der Waals surface area contributed by atoms with Gasteiger partial charge in [-0.3, -0.25) is 0 Å². The molecule has 0 bridgehead atoms. The van der Waals surface area contributed by atoms with Crippen LogP contribution in [0.5, 0.6) is 0 Å². The van der Waals surface area contributed by atoms with Crippen molar-refractivity contribution in [3.05, 3.63) is 71.3 Å². The average molecular weight is 304 g/mol. The van der Waals surface area contributed by atoms with Crippen LogP contribution in [0.4, 0.5) is 5.82 Å². The van der Waals surface area contributed by atoms with Crippen molar-refractivity contribution in [3.63, 3.8) is 0 Å². The number of para-hydroxylation sites is 1. The Balaban J connectivity index is 1.75. The zero-order valence-corrected chi connectivity index (χ0v) is 13.1. The van der Waals surface area contributed by atoms with E-state index >= 15 is 0 Å². The van der Waals surface area contributed by atoms with Gasteiger partial charge < -0.3 is 10.0 Å². The molecule has 3 aromatic rings. The predicted molar refractivity (Wildman–Crippen MR) is 93.7 cm³/mol. The van der Waals surface area contributed by atoms with E-state index in [0.717, 1.165) is 36.2 Å². The molecular weight excluding hydrogens is 284 g/mol. The van der Waals surface area contributed by atoms with Gasteiger partial charge in [-0.25, -0.2) is 4.98 Å². The molecule has 116 valence electrons. The molecule has 0 atom stereocenters. The molecule has 1 aliphatic rings. The first kappa shape index (κ1) is 14.2. The fourth-order valence-electron chi connectivity index (χ4n) is 3.41. The van der Waals surface area contributed by atoms with Crippen LogP contribution in [-0.2, 0) is 19.4 Å². The maximum absolute atomic E-state index is 9.38. The third-order valence-corrected chi connectivity index (χ3v) is 4.62. The smallest absolute Gasteiger partial charge is 0.129 e. The molecule has 1 aromatic heterocycles. The van der Waals surface area contributed by atoms with E-state index in [1.54, 1.807) is 0 Å². The molecule has 1 aliphatic heterocycles. The summed E-state index contributed by atoms with van der Waals surface area (Å²) in [4.78, 5) is 7.20. The lowest BCUT2D eigenvalue weighted by Crippen LogP contribution is -2.31. The van der Waals surface area contributed by atoms with Gasteiger partial charge >= 0.3 is 0 Å². The maximum Gasteiger partial charge on any atom is 0.129 e. The van der Waals surface area contributed by atoms with Crippen LogP contribution in [0.2, 0.25) is 0 Å². The summed E-state index contributed by atoms with van der Waals surface area (Å²) in [5.74, 6) is 1.02. The Kier molecular flexibility index (Phi) is 3.72. The quantitative estimate of drug-likeness (QED) is 0.806. The zero-order chi connectivity index (χ0) is 15.6. The normalized spacial score (nSPS) is 14.0. The molecule has 0 spiro atoms. The number of rotatable bonds is 3. The van der Waals surface area contributed by atoms with E-state index < -0.39 is 0 Å². The second kappa shape index (κ2) is 6.01. The van der Waals surface area contributed by atoms with Crippen LogP contribution in [0.3, 0.4) is 0 Å². The Bertz CT molecular complexity index is 844. The number of aliphatic hydroxyl groups is 1. The van der Waals surface area contributed by atoms with Gasteiger partial charge in [0, 0.05) is 25.1 Å². The molecule has 0 fully saturated rings. The molecule has 0 amide bonds. The summed E-state index contributed by atoms with van der Waals surface area (Å²) < 4.78 is 0. The molecule has 2 aromatic carbocycles. The van der Waals surface area contributed by atoms with Gasteiger partial charge in [-0.1, -0.05) is 42.5 Å². The summed E-state index contributed by atoms with van der Waals surface area (Å²) >= 11 is 0. The van der Waals surface area contributed by atoms with E-state index in [-0.39, 0.29) is 6.61 Å². The Labute approximate surface area is 136 Å². The van der Waals surface area contributed by atoms with E-state index in [0.29, 0.717) is 6.42 Å². The molecule has 4 rings (SSSR count). The summed E-state index contributed by atoms with van der Waals surface area (Å²) in [6.07, 6.45) is 1.72. The summed E-state index contributed by atoms with van der Waals surface area (Å²) in [6, 6.07) is 19.0. The first-order chi connectivity index (χ1) is 11.3. The molecular formula is C20H20N2O. The van der Waals surface area contributed by atoms with Gasteiger partial charge in [0.15, 0.2) is 0 Å². The van der Waals surface area contributed by atoms with Gasteiger partial charge in [0.2, 0.25) is 0 Å². The van der Waals surface area contributed by atoms with Crippen molar-refractivity contribution >= 4 is 16.7 Å². The standard InChI is InChI=1S/C20H20N2O/c23-12-10-16-13-20(21-19-8-4-3-7-18(16)19)22-11-9-15-5-1-2-6-17(15)14-22/h1-8,13,23H,9-12,14H2. The van der Waals surface area contributed by atoms with E-state index in [1.165, 1.54) is 16.7 Å². The third-order valence-electron chi connectivity index (χ3n) is 4.62. The lowest BCUT2D eigenvalue weighted by atomic mass is 9.99. The highest BCUT2D eigenvalue weighted by Gasteiger charge is 2.18. The SMILES string of the molecule is OCCc1cc(N2CCc3ccccc3C2)nc2ccccc12. The number of fused-ring (bicyclic) bond motifs is 2. The van der Waals surface area contributed by atoms with E-state index in [1.807, 2.05) is 12.1 Å². The van der Waals surface area contributed by atoms with Gasteiger partial charge in [-0.05, 0) is 41.7 Å². The molecule has 23 heavy (non-hydrogen) atoms. The number of pyridine rings is 1. The van der Waals surface area contributed by atoms with Crippen molar-refractivity contribution in [2.24, 2.45) is 0 Å². The van der Waals surface area contributed by atoms with Crippen molar-refractivity contribution in [2.75, 3.05) is 18.1 Å². The topological polar surface area (TPSA) is 36.4 Å². The second-order valence-electron chi connectivity index (χ2n) is 6.07. The van der Waals surface area contributed by atoms with E-state index in [4.69, 9.17) is 4.98 Å². The van der Waals surface area contributed by atoms with E-state index in [2.05, 4.69) is 47.4 Å². The maximum atomic E-state index is 9.38. The van der Waals surface area contributed by atoms with Gasteiger partial charge in [0.05, 0.1) is 5.52 Å². The number of benzene rings is 2. The van der Waals surface area contributed by atoms with Gasteiger partial charge in [-0.2, -0.15) is 0 Å². The molecule has 3 nitrogen and oxygen atoms in total. The van der Waals surface area contributed by atoms with Crippen molar-refractivity contribution < 1.29 is 5.11 Å². The minimum atomic E-state index is 0.163. The molecule has 2 heterocycles. The van der Waals surface area contributed by atoms with Crippen LogP contribution in [0.25, 0.3) is 10.9 Å². The fourth-order valence-corrected chi connectivity index (χ4v) is 3.41. The molecule has 3 heteroatoms. The Hall–Kier alpha value is -2.39. The van der Waals surface area contributed by atoms with Crippen molar-refractivity contribution in [3.8, 4) is 0 Å². The highest BCUT2D eigenvalue weighted by molar-refractivity contribution is 5.84. The summed E-state index contributed by atoms with van der Waals surface area (Å²) in [5.41, 5.74) is 5.01. The van der Waals surface area contributed by atoms with Crippen molar-refractivity contribution in [1.29, 1.82) is 0 Å². The largest absolute Gasteiger partial charge is 0.396 e. The lowest BCUT2D eigenvalue weighted by Gasteiger charge is -2.30. The minimum Gasteiger partial charge on any atom is -0.396 e. The monoisotopic (exact) mass is 304 g/mol. The van der Waals surface area contributed by atoms with Gasteiger partial charge in [0.25, 0.3) is 0 Å². The minimum absolute atomic E-state index is 0.163. The van der Waals surface area contributed by atoms with E-state index in [9.17, 15) is 5.11 Å². The molecule has 0 saturated heterocycles.